The normalized spacial score (nSPS) is 12.9. The van der Waals surface area contributed by atoms with E-state index in [9.17, 15) is 14.7 Å². The van der Waals surface area contributed by atoms with Gasteiger partial charge in [-0.3, -0.25) is 4.79 Å². The zero-order valence-corrected chi connectivity index (χ0v) is 11.8. The average molecular weight is 265 g/mol. The van der Waals surface area contributed by atoms with E-state index in [1.54, 1.807) is 40.7 Å². The van der Waals surface area contributed by atoms with Gasteiger partial charge < -0.3 is 10.4 Å². The molecule has 0 fully saturated rings. The molecule has 0 aliphatic rings. The van der Waals surface area contributed by atoms with Crippen LogP contribution >= 0.6 is 0 Å². The number of nitrogens with one attached hydrogen (secondary N) is 1. The van der Waals surface area contributed by atoms with Crippen molar-refractivity contribution >= 4 is 11.9 Å². The number of carboxylic acids is 1. The van der Waals surface area contributed by atoms with Crippen molar-refractivity contribution in [2.24, 2.45) is 5.41 Å². The van der Waals surface area contributed by atoms with Crippen molar-refractivity contribution in [2.45, 2.75) is 40.7 Å². The van der Waals surface area contributed by atoms with Crippen LogP contribution in [0.25, 0.3) is 0 Å². The zero-order chi connectivity index (χ0) is 14.8. The molecule has 1 heterocycles. The van der Waals surface area contributed by atoms with Crippen LogP contribution in [0.15, 0.2) is 6.07 Å². The highest BCUT2D eigenvalue weighted by molar-refractivity contribution is 5.97. The Bertz CT molecular complexity index is 506. The standard InChI is InChI=1S/C13H19N3O3/c1-7-6-9(8(2)16-15-7)11(17)14-10(12(18)19)13(3,4)5/h6,10H,1-5H3,(H,14,17)(H,18,19). The molecular weight excluding hydrogens is 246 g/mol. The summed E-state index contributed by atoms with van der Waals surface area (Å²) in [7, 11) is 0. The van der Waals surface area contributed by atoms with Crippen LogP contribution in [-0.2, 0) is 4.79 Å². The number of amides is 1. The van der Waals surface area contributed by atoms with Crippen LogP contribution in [0.5, 0.6) is 0 Å². The maximum Gasteiger partial charge on any atom is 0.326 e. The largest absolute Gasteiger partial charge is 0.480 e. The summed E-state index contributed by atoms with van der Waals surface area (Å²) in [5, 5.41) is 19.4. The predicted molar refractivity (Wildman–Crippen MR) is 69.9 cm³/mol. The van der Waals surface area contributed by atoms with Gasteiger partial charge in [0.2, 0.25) is 0 Å². The van der Waals surface area contributed by atoms with Crippen LogP contribution in [0.4, 0.5) is 0 Å². The number of aryl methyl sites for hydroxylation is 2. The number of carboxylic acid groups (broad SMARTS) is 1. The third-order valence-electron chi connectivity index (χ3n) is 2.73. The third kappa shape index (κ3) is 3.74. The Hall–Kier alpha value is -1.98. The maximum absolute atomic E-state index is 12.1. The lowest BCUT2D eigenvalue weighted by Crippen LogP contribution is -2.49. The Morgan fingerprint density at radius 3 is 2.32 bits per heavy atom. The molecule has 0 bridgehead atoms. The number of aromatic nitrogens is 2. The second-order valence-corrected chi connectivity index (χ2v) is 5.60. The van der Waals surface area contributed by atoms with Gasteiger partial charge in [-0.1, -0.05) is 20.8 Å². The molecule has 1 rings (SSSR count). The summed E-state index contributed by atoms with van der Waals surface area (Å²) >= 11 is 0. The number of hydrogen-bond acceptors (Lipinski definition) is 4. The lowest BCUT2D eigenvalue weighted by Gasteiger charge is -2.27. The van der Waals surface area contributed by atoms with Gasteiger partial charge in [0, 0.05) is 0 Å². The lowest BCUT2D eigenvalue weighted by atomic mass is 9.86. The van der Waals surface area contributed by atoms with Crippen molar-refractivity contribution in [3.63, 3.8) is 0 Å². The molecule has 6 nitrogen and oxygen atoms in total. The van der Waals surface area contributed by atoms with Gasteiger partial charge in [0.15, 0.2) is 0 Å². The molecule has 0 saturated carbocycles. The Morgan fingerprint density at radius 1 is 1.26 bits per heavy atom. The molecule has 0 radical (unpaired) electrons. The van der Waals surface area contributed by atoms with Gasteiger partial charge in [-0.05, 0) is 25.3 Å². The Balaban J connectivity index is 3.01. The molecule has 0 aromatic carbocycles. The summed E-state index contributed by atoms with van der Waals surface area (Å²) in [6.07, 6.45) is 0. The van der Waals surface area contributed by atoms with Gasteiger partial charge in [-0.15, -0.1) is 0 Å². The first kappa shape index (κ1) is 15.1. The minimum absolute atomic E-state index is 0.350. The van der Waals surface area contributed by atoms with E-state index in [0.717, 1.165) is 0 Å². The summed E-state index contributed by atoms with van der Waals surface area (Å²) in [6.45, 7) is 8.66. The molecule has 1 aromatic heterocycles. The fourth-order valence-corrected chi connectivity index (χ4v) is 1.64. The van der Waals surface area contributed by atoms with Gasteiger partial charge in [-0.25, -0.2) is 4.79 Å². The van der Waals surface area contributed by atoms with Crippen molar-refractivity contribution in [3.8, 4) is 0 Å². The topological polar surface area (TPSA) is 92.2 Å². The molecule has 1 amide bonds. The van der Waals surface area contributed by atoms with Crippen LogP contribution in [0.1, 0.15) is 42.5 Å². The first-order chi connectivity index (χ1) is 8.62. The van der Waals surface area contributed by atoms with Gasteiger partial charge in [-0.2, -0.15) is 10.2 Å². The van der Waals surface area contributed by atoms with Crippen LogP contribution in [0.3, 0.4) is 0 Å². The van der Waals surface area contributed by atoms with Crippen molar-refractivity contribution in [3.05, 3.63) is 23.0 Å². The first-order valence-electron chi connectivity index (χ1n) is 5.97. The van der Waals surface area contributed by atoms with Crippen LogP contribution in [0.2, 0.25) is 0 Å². The molecule has 0 aliphatic heterocycles. The molecular formula is C13H19N3O3. The second-order valence-electron chi connectivity index (χ2n) is 5.60. The van der Waals surface area contributed by atoms with E-state index in [-0.39, 0.29) is 0 Å². The van der Waals surface area contributed by atoms with Crippen molar-refractivity contribution in [2.75, 3.05) is 0 Å². The van der Waals surface area contributed by atoms with E-state index in [1.807, 2.05) is 0 Å². The number of carbonyl (C=O) groups excluding carboxylic acids is 1. The maximum atomic E-state index is 12.1. The van der Waals surface area contributed by atoms with E-state index < -0.39 is 23.3 Å². The lowest BCUT2D eigenvalue weighted by molar-refractivity contribution is -0.142. The summed E-state index contributed by atoms with van der Waals surface area (Å²) in [6, 6.07) is 0.632. The SMILES string of the molecule is Cc1cc(C(=O)NC(C(=O)O)C(C)(C)C)c(C)nn1. The molecule has 0 saturated heterocycles. The minimum Gasteiger partial charge on any atom is -0.480 e. The highest BCUT2D eigenvalue weighted by Crippen LogP contribution is 2.20. The number of rotatable bonds is 3. The molecule has 104 valence electrons. The predicted octanol–water partition coefficient (Wildman–Crippen LogP) is 1.32. The van der Waals surface area contributed by atoms with Crippen molar-refractivity contribution < 1.29 is 14.7 Å². The fourth-order valence-electron chi connectivity index (χ4n) is 1.64. The highest BCUT2D eigenvalue weighted by Gasteiger charge is 2.33. The zero-order valence-electron chi connectivity index (χ0n) is 11.8. The molecule has 1 aromatic rings. The second kappa shape index (κ2) is 5.34. The van der Waals surface area contributed by atoms with Crippen LogP contribution in [0, 0.1) is 19.3 Å². The summed E-state index contributed by atoms with van der Waals surface area (Å²) in [5.74, 6) is -1.50. The Labute approximate surface area is 112 Å². The first-order valence-corrected chi connectivity index (χ1v) is 5.97. The van der Waals surface area contributed by atoms with E-state index in [2.05, 4.69) is 15.5 Å². The number of carbonyl (C=O) groups is 2. The molecule has 2 N–H and O–H groups in total. The molecule has 19 heavy (non-hydrogen) atoms. The Kier molecular flexibility index (Phi) is 4.24. The highest BCUT2D eigenvalue weighted by atomic mass is 16.4. The quantitative estimate of drug-likeness (QED) is 0.860. The monoisotopic (exact) mass is 265 g/mol. The van der Waals surface area contributed by atoms with Gasteiger partial charge >= 0.3 is 5.97 Å². The van der Waals surface area contributed by atoms with E-state index in [1.165, 1.54) is 0 Å². The summed E-state index contributed by atoms with van der Waals surface area (Å²) in [4.78, 5) is 23.4. The van der Waals surface area contributed by atoms with Crippen LogP contribution in [-0.4, -0.2) is 33.2 Å². The van der Waals surface area contributed by atoms with E-state index in [4.69, 9.17) is 0 Å². The number of aliphatic carboxylic acids is 1. The smallest absolute Gasteiger partial charge is 0.326 e. The van der Waals surface area contributed by atoms with Crippen LogP contribution < -0.4 is 5.32 Å². The fraction of sp³-hybridized carbons (Fsp3) is 0.538. The van der Waals surface area contributed by atoms with Crippen molar-refractivity contribution in [1.82, 2.24) is 15.5 Å². The van der Waals surface area contributed by atoms with E-state index in [0.29, 0.717) is 17.0 Å². The van der Waals surface area contributed by atoms with Crippen molar-refractivity contribution in [1.29, 1.82) is 0 Å². The van der Waals surface area contributed by atoms with Gasteiger partial charge in [0.05, 0.1) is 17.0 Å². The Morgan fingerprint density at radius 2 is 1.84 bits per heavy atom. The number of hydrogen-bond donors (Lipinski definition) is 2. The molecule has 6 heteroatoms. The minimum atomic E-state index is -1.06. The third-order valence-corrected chi connectivity index (χ3v) is 2.73. The molecule has 0 spiro atoms. The molecule has 1 atom stereocenters. The number of nitrogens with zero attached hydrogens (tertiary/aromatic N) is 2. The molecule has 1 unspecified atom stereocenters. The van der Waals surface area contributed by atoms with Gasteiger partial charge in [0.1, 0.15) is 6.04 Å². The average Bonchev–Trinajstić information content (AvgIpc) is 2.26. The summed E-state index contributed by atoms with van der Waals surface area (Å²) in [5.41, 5.74) is 0.854. The molecule has 0 aliphatic carbocycles. The summed E-state index contributed by atoms with van der Waals surface area (Å²) < 4.78 is 0. The van der Waals surface area contributed by atoms with E-state index >= 15 is 0 Å². The van der Waals surface area contributed by atoms with Gasteiger partial charge in [0.25, 0.3) is 5.91 Å².